The zero-order valence-electron chi connectivity index (χ0n) is 12.2. The normalized spacial score (nSPS) is 18.9. The second-order valence-corrected chi connectivity index (χ2v) is 5.82. The van der Waals surface area contributed by atoms with Gasteiger partial charge in [-0.3, -0.25) is 4.98 Å². The van der Waals surface area contributed by atoms with E-state index in [1.54, 1.807) is 23.5 Å². The molecule has 1 atom stereocenters. The third-order valence-electron chi connectivity index (χ3n) is 2.97. The summed E-state index contributed by atoms with van der Waals surface area (Å²) in [5, 5.41) is 0. The molecule has 1 aromatic rings. The molecule has 1 aliphatic heterocycles. The van der Waals surface area contributed by atoms with Crippen molar-refractivity contribution in [2.45, 2.75) is 45.3 Å². The number of aromatic nitrogens is 2. The molecule has 6 heteroatoms. The molecule has 1 fully saturated rings. The highest BCUT2D eigenvalue weighted by molar-refractivity contribution is 5.68. The fourth-order valence-electron chi connectivity index (χ4n) is 2.11. The molecule has 1 aromatic heterocycles. The molecule has 2 heterocycles. The van der Waals surface area contributed by atoms with Crippen molar-refractivity contribution in [3.05, 3.63) is 18.6 Å². The second-order valence-electron chi connectivity index (χ2n) is 5.82. The number of hydrogen-bond donors (Lipinski definition) is 0. The van der Waals surface area contributed by atoms with E-state index in [1.165, 1.54) is 0 Å². The standard InChI is InChI=1S/C14H21N3O3/c1-14(2,3)20-13(18)17-8-4-5-11(17)10-19-12-9-15-6-7-16-12/h6-7,9,11H,4-5,8,10H2,1-3H3/t11-/m1/s1. The summed E-state index contributed by atoms with van der Waals surface area (Å²) in [6, 6.07) is 0.0341. The summed E-state index contributed by atoms with van der Waals surface area (Å²) in [4.78, 5) is 21.8. The van der Waals surface area contributed by atoms with Crippen LogP contribution in [0.1, 0.15) is 33.6 Å². The first-order valence-electron chi connectivity index (χ1n) is 6.84. The van der Waals surface area contributed by atoms with Crippen LogP contribution in [0.25, 0.3) is 0 Å². The number of carbonyl (C=O) groups excluding carboxylic acids is 1. The summed E-state index contributed by atoms with van der Waals surface area (Å²) in [7, 11) is 0. The molecule has 0 aromatic carbocycles. The van der Waals surface area contributed by atoms with E-state index in [1.807, 2.05) is 20.8 Å². The molecule has 0 N–H and O–H groups in total. The van der Waals surface area contributed by atoms with E-state index in [0.29, 0.717) is 19.0 Å². The Labute approximate surface area is 119 Å². The Bertz CT molecular complexity index is 445. The molecule has 1 saturated heterocycles. The fourth-order valence-corrected chi connectivity index (χ4v) is 2.11. The van der Waals surface area contributed by atoms with Crippen molar-refractivity contribution in [1.82, 2.24) is 14.9 Å². The smallest absolute Gasteiger partial charge is 0.410 e. The Morgan fingerprint density at radius 3 is 2.90 bits per heavy atom. The van der Waals surface area contributed by atoms with Crippen LogP contribution in [-0.2, 0) is 4.74 Å². The highest BCUT2D eigenvalue weighted by Crippen LogP contribution is 2.21. The molecular formula is C14H21N3O3. The van der Waals surface area contributed by atoms with Crippen LogP contribution in [0.4, 0.5) is 4.79 Å². The van der Waals surface area contributed by atoms with Gasteiger partial charge in [-0.2, -0.15) is 0 Å². The van der Waals surface area contributed by atoms with Crippen LogP contribution < -0.4 is 4.74 Å². The quantitative estimate of drug-likeness (QED) is 0.849. The summed E-state index contributed by atoms with van der Waals surface area (Å²) in [6.45, 7) is 6.73. The van der Waals surface area contributed by atoms with Gasteiger partial charge in [-0.1, -0.05) is 0 Å². The van der Waals surface area contributed by atoms with Crippen LogP contribution in [0.3, 0.4) is 0 Å². The van der Waals surface area contributed by atoms with Crippen molar-refractivity contribution in [3.63, 3.8) is 0 Å². The molecular weight excluding hydrogens is 258 g/mol. The largest absolute Gasteiger partial charge is 0.474 e. The molecule has 1 aliphatic rings. The molecule has 2 rings (SSSR count). The van der Waals surface area contributed by atoms with Gasteiger partial charge < -0.3 is 14.4 Å². The maximum Gasteiger partial charge on any atom is 0.410 e. The van der Waals surface area contributed by atoms with Crippen molar-refractivity contribution in [1.29, 1.82) is 0 Å². The summed E-state index contributed by atoms with van der Waals surface area (Å²) < 4.78 is 11.0. The fraction of sp³-hybridized carbons (Fsp3) is 0.643. The summed E-state index contributed by atoms with van der Waals surface area (Å²) in [5.41, 5.74) is -0.476. The topological polar surface area (TPSA) is 64.5 Å². The van der Waals surface area contributed by atoms with Crippen LogP contribution >= 0.6 is 0 Å². The SMILES string of the molecule is CC(C)(C)OC(=O)N1CCC[C@@H]1COc1cnccn1. The van der Waals surface area contributed by atoms with E-state index < -0.39 is 5.60 Å². The first kappa shape index (κ1) is 14.6. The number of carbonyl (C=O) groups is 1. The number of ether oxygens (including phenoxy) is 2. The van der Waals surface area contributed by atoms with E-state index >= 15 is 0 Å². The lowest BCUT2D eigenvalue weighted by molar-refractivity contribution is 0.0185. The van der Waals surface area contributed by atoms with E-state index in [-0.39, 0.29) is 12.1 Å². The average molecular weight is 279 g/mol. The van der Waals surface area contributed by atoms with Gasteiger partial charge in [-0.15, -0.1) is 0 Å². The van der Waals surface area contributed by atoms with E-state index in [9.17, 15) is 4.79 Å². The Kier molecular flexibility index (Phi) is 4.42. The van der Waals surface area contributed by atoms with Crippen molar-refractivity contribution in [3.8, 4) is 5.88 Å². The number of hydrogen-bond acceptors (Lipinski definition) is 5. The van der Waals surface area contributed by atoms with Gasteiger partial charge >= 0.3 is 6.09 Å². The summed E-state index contributed by atoms with van der Waals surface area (Å²) >= 11 is 0. The number of amides is 1. The number of nitrogens with zero attached hydrogens (tertiary/aromatic N) is 3. The summed E-state index contributed by atoms with van der Waals surface area (Å²) in [6.07, 6.45) is 6.34. The van der Waals surface area contributed by atoms with Gasteiger partial charge in [-0.05, 0) is 33.6 Å². The van der Waals surface area contributed by atoms with Crippen molar-refractivity contribution < 1.29 is 14.3 Å². The molecule has 0 spiro atoms. The molecule has 0 aliphatic carbocycles. The monoisotopic (exact) mass is 279 g/mol. The maximum absolute atomic E-state index is 12.1. The predicted molar refractivity (Wildman–Crippen MR) is 73.5 cm³/mol. The second kappa shape index (κ2) is 6.07. The third kappa shape index (κ3) is 4.08. The minimum atomic E-state index is -0.476. The Morgan fingerprint density at radius 2 is 2.25 bits per heavy atom. The van der Waals surface area contributed by atoms with Crippen LogP contribution in [-0.4, -0.2) is 45.8 Å². The minimum Gasteiger partial charge on any atom is -0.474 e. The third-order valence-corrected chi connectivity index (χ3v) is 2.97. The van der Waals surface area contributed by atoms with Crippen molar-refractivity contribution >= 4 is 6.09 Å². The average Bonchev–Trinajstić information content (AvgIpc) is 2.84. The van der Waals surface area contributed by atoms with Gasteiger partial charge in [0.1, 0.15) is 12.2 Å². The zero-order chi connectivity index (χ0) is 14.6. The first-order valence-corrected chi connectivity index (χ1v) is 6.84. The molecule has 0 saturated carbocycles. The molecule has 1 amide bonds. The van der Waals surface area contributed by atoms with Gasteiger partial charge in [0.25, 0.3) is 0 Å². The number of rotatable bonds is 3. The Balaban J connectivity index is 1.89. The molecule has 110 valence electrons. The highest BCUT2D eigenvalue weighted by atomic mass is 16.6. The van der Waals surface area contributed by atoms with Crippen LogP contribution in [0.5, 0.6) is 5.88 Å². The summed E-state index contributed by atoms with van der Waals surface area (Å²) in [5.74, 6) is 0.475. The van der Waals surface area contributed by atoms with Crippen molar-refractivity contribution in [2.24, 2.45) is 0 Å². The van der Waals surface area contributed by atoms with Crippen LogP contribution in [0, 0.1) is 0 Å². The molecule has 0 unspecified atom stereocenters. The number of likely N-dealkylation sites (tertiary alicyclic amines) is 1. The van der Waals surface area contributed by atoms with Crippen LogP contribution in [0.15, 0.2) is 18.6 Å². The van der Waals surface area contributed by atoms with Gasteiger partial charge in [0.15, 0.2) is 0 Å². The van der Waals surface area contributed by atoms with Crippen molar-refractivity contribution in [2.75, 3.05) is 13.2 Å². The van der Waals surface area contributed by atoms with E-state index in [0.717, 1.165) is 12.8 Å². The van der Waals surface area contributed by atoms with E-state index in [4.69, 9.17) is 9.47 Å². The van der Waals surface area contributed by atoms with Crippen LogP contribution in [0.2, 0.25) is 0 Å². The van der Waals surface area contributed by atoms with Gasteiger partial charge in [0.05, 0.1) is 12.2 Å². The minimum absolute atomic E-state index is 0.0341. The Hall–Kier alpha value is -1.85. The highest BCUT2D eigenvalue weighted by Gasteiger charge is 2.32. The molecule has 20 heavy (non-hydrogen) atoms. The molecule has 0 radical (unpaired) electrons. The van der Waals surface area contributed by atoms with Gasteiger partial charge in [0, 0.05) is 18.9 Å². The predicted octanol–water partition coefficient (Wildman–Crippen LogP) is 2.25. The molecule has 0 bridgehead atoms. The van der Waals surface area contributed by atoms with E-state index in [2.05, 4.69) is 9.97 Å². The van der Waals surface area contributed by atoms with Gasteiger partial charge in [-0.25, -0.2) is 9.78 Å². The lowest BCUT2D eigenvalue weighted by Crippen LogP contribution is -2.42. The van der Waals surface area contributed by atoms with Gasteiger partial charge in [0.2, 0.25) is 5.88 Å². The first-order chi connectivity index (χ1) is 9.46. The lowest BCUT2D eigenvalue weighted by Gasteiger charge is -2.28. The zero-order valence-corrected chi connectivity index (χ0v) is 12.2. The Morgan fingerprint density at radius 1 is 1.45 bits per heavy atom. The molecule has 6 nitrogen and oxygen atoms in total. The lowest BCUT2D eigenvalue weighted by atomic mass is 10.2. The maximum atomic E-state index is 12.1.